The van der Waals surface area contributed by atoms with Crippen LogP contribution in [-0.2, 0) is 78.3 Å². The van der Waals surface area contributed by atoms with Gasteiger partial charge in [0.05, 0.1) is 0 Å². The number of pyridine rings is 4. The molecule has 6 rings (SSSR count). The predicted octanol–water partition coefficient (Wildman–Crippen LogP) is 8.49. The van der Waals surface area contributed by atoms with Crippen LogP contribution in [0.2, 0.25) is 5.15 Å². The van der Waals surface area contributed by atoms with Crippen molar-refractivity contribution < 1.29 is 65.4 Å². The summed E-state index contributed by atoms with van der Waals surface area (Å²) in [5.41, 5.74) is 12.6. The summed E-state index contributed by atoms with van der Waals surface area (Å²) in [6.07, 6.45) is 12.5. The third-order valence-electron chi connectivity index (χ3n) is 5.99. The Morgan fingerprint density at radius 3 is 1.49 bits per heavy atom. The number of hydrogen-bond acceptors (Lipinski definition) is 4. The first-order valence-corrected chi connectivity index (χ1v) is 11.9. The van der Waals surface area contributed by atoms with Crippen LogP contribution in [0.15, 0.2) is 110 Å². The van der Waals surface area contributed by atoms with E-state index < -0.39 is 0 Å². The molecule has 0 atom stereocenters. The molecule has 6 aromatic rings. The quantitative estimate of drug-likeness (QED) is 0.174. The van der Waals surface area contributed by atoms with Crippen LogP contribution in [0, 0.1) is 0 Å². The van der Waals surface area contributed by atoms with Crippen LogP contribution < -0.4 is 0 Å². The molecular formula is C30H25ClN6Y2-2. The monoisotopic (exact) mass is 682 g/mol. The van der Waals surface area contributed by atoms with Gasteiger partial charge in [0, 0.05) is 102 Å². The molecule has 9 heteroatoms. The van der Waals surface area contributed by atoms with Crippen molar-refractivity contribution in [3.63, 3.8) is 0 Å². The molecule has 0 saturated heterocycles. The number of fused-ring (bicyclic) bond motifs is 2. The average molecular weight is 683 g/mol. The van der Waals surface area contributed by atoms with Crippen molar-refractivity contribution in [3.05, 3.63) is 149 Å². The smallest absolute Gasteiger partial charge is 0.136 e. The Morgan fingerprint density at radius 2 is 0.974 bits per heavy atom. The van der Waals surface area contributed by atoms with Crippen molar-refractivity contribution in [2.24, 2.45) is 0 Å². The molecular weight excluding hydrogens is 658 g/mol. The summed E-state index contributed by atoms with van der Waals surface area (Å²) in [7, 11) is 0. The molecule has 0 aliphatic heterocycles. The molecule has 4 heterocycles. The minimum atomic E-state index is 0. The molecule has 0 bridgehead atoms. The molecule has 190 valence electrons. The van der Waals surface area contributed by atoms with Gasteiger partial charge in [-0.25, -0.2) is 4.98 Å². The predicted molar refractivity (Wildman–Crippen MR) is 152 cm³/mol. The van der Waals surface area contributed by atoms with E-state index >= 15 is 0 Å². The van der Waals surface area contributed by atoms with Crippen LogP contribution in [0.25, 0.3) is 33.4 Å². The molecule has 0 saturated carbocycles. The maximum absolute atomic E-state index is 7.82. The van der Waals surface area contributed by atoms with Gasteiger partial charge in [-0.1, -0.05) is 72.1 Å². The number of halogens is 1. The molecule has 0 unspecified atom stereocenters. The Kier molecular flexibility index (Phi) is 13.7. The van der Waals surface area contributed by atoms with Crippen molar-refractivity contribution in [2.75, 3.05) is 0 Å². The van der Waals surface area contributed by atoms with Gasteiger partial charge in [0.15, 0.2) is 0 Å². The molecule has 0 aliphatic carbocycles. The summed E-state index contributed by atoms with van der Waals surface area (Å²) in [5, 5.41) is 4.74. The summed E-state index contributed by atoms with van der Waals surface area (Å²) in [6, 6.07) is 24.1. The zero-order chi connectivity index (χ0) is 24.7. The van der Waals surface area contributed by atoms with Crippen molar-refractivity contribution in [1.82, 2.24) is 19.9 Å². The van der Waals surface area contributed by atoms with Gasteiger partial charge < -0.3 is 16.9 Å². The van der Waals surface area contributed by atoms with Crippen LogP contribution in [0.1, 0.15) is 22.3 Å². The van der Waals surface area contributed by atoms with Crippen molar-refractivity contribution in [2.45, 2.75) is 12.8 Å². The van der Waals surface area contributed by atoms with Crippen molar-refractivity contribution in [3.8, 4) is 0 Å². The summed E-state index contributed by atoms with van der Waals surface area (Å²) in [4.78, 5) is 16.5. The molecule has 4 aromatic heterocycles. The number of benzene rings is 2. The molecule has 0 fully saturated rings. The third-order valence-corrected chi connectivity index (χ3v) is 6.30. The molecule has 2 aromatic carbocycles. The molecule has 0 spiro atoms. The fraction of sp³-hybridized carbons (Fsp3) is 0.0667. The fourth-order valence-electron chi connectivity index (χ4n) is 4.19. The SMILES string of the molecule is Clc1ncc(Cc2ccncc2)c2ccccc12.[NH-]c1ncc(Cc2ccncc2)c2ccccc12.[NH2-].[Y].[Y]. The van der Waals surface area contributed by atoms with Crippen LogP contribution in [0.3, 0.4) is 0 Å². The van der Waals surface area contributed by atoms with Gasteiger partial charge in [-0.3, -0.25) is 9.97 Å². The fourth-order valence-corrected chi connectivity index (χ4v) is 4.40. The van der Waals surface area contributed by atoms with E-state index in [1.807, 2.05) is 72.9 Å². The Morgan fingerprint density at radius 1 is 0.564 bits per heavy atom. The topological polar surface area (TPSA) is 109 Å². The normalized spacial score (nSPS) is 9.87. The van der Waals surface area contributed by atoms with E-state index in [1.54, 1.807) is 31.0 Å². The Balaban J connectivity index is 0.000000254. The van der Waals surface area contributed by atoms with Gasteiger partial charge in [-0.2, -0.15) is 0 Å². The second-order valence-corrected chi connectivity index (χ2v) is 8.72. The first-order chi connectivity index (χ1) is 17.7. The van der Waals surface area contributed by atoms with Crippen molar-refractivity contribution in [1.29, 1.82) is 0 Å². The van der Waals surface area contributed by atoms with E-state index in [9.17, 15) is 0 Å². The molecule has 6 nitrogen and oxygen atoms in total. The summed E-state index contributed by atoms with van der Waals surface area (Å²) in [5.74, 6) is 0.337. The van der Waals surface area contributed by atoms with Gasteiger partial charge in [0.2, 0.25) is 0 Å². The second-order valence-electron chi connectivity index (χ2n) is 8.36. The molecule has 2 radical (unpaired) electrons. The van der Waals surface area contributed by atoms with Crippen LogP contribution in [0.4, 0.5) is 5.82 Å². The second kappa shape index (κ2) is 16.2. The van der Waals surface area contributed by atoms with Gasteiger partial charge in [-0.05, 0) is 75.5 Å². The Hall–Kier alpha value is -2.18. The first-order valence-electron chi connectivity index (χ1n) is 11.6. The minimum Gasteiger partial charge on any atom is -0.693 e. The third kappa shape index (κ3) is 8.40. The summed E-state index contributed by atoms with van der Waals surface area (Å²) >= 11 is 6.11. The standard InChI is InChI=1S/C15H11ClN2.C15H12N3.H2N.2Y/c2*16-15-14-4-2-1-3-13(14)12(10-18-15)9-11-5-7-17-8-6-11;;;/h1-8,10H,9H2;1-8,10H,9H2,(H-,16,18);1H2;;/q;2*-1;;. The number of nitrogens with two attached hydrogens (primary N) is 1. The Bertz CT molecular complexity index is 1500. The zero-order valence-electron chi connectivity index (χ0n) is 21.2. The molecule has 0 aliphatic rings. The van der Waals surface area contributed by atoms with E-state index in [0.717, 1.165) is 39.9 Å². The van der Waals surface area contributed by atoms with E-state index in [2.05, 4.69) is 26.0 Å². The first kappa shape index (κ1) is 33.0. The van der Waals surface area contributed by atoms with Gasteiger partial charge in [-0.15, -0.1) is 0 Å². The average Bonchev–Trinajstić information content (AvgIpc) is 2.94. The van der Waals surface area contributed by atoms with E-state index in [0.29, 0.717) is 11.0 Å². The van der Waals surface area contributed by atoms with Gasteiger partial charge in [0.25, 0.3) is 0 Å². The largest absolute Gasteiger partial charge is 0.693 e. The minimum absolute atomic E-state index is 0. The van der Waals surface area contributed by atoms with Gasteiger partial charge in [0.1, 0.15) is 5.15 Å². The maximum Gasteiger partial charge on any atom is 0.136 e. The summed E-state index contributed by atoms with van der Waals surface area (Å²) in [6.45, 7) is 0. The molecule has 0 amide bonds. The number of nitrogens with zero attached hydrogens (tertiary/aromatic N) is 4. The molecule has 39 heavy (non-hydrogen) atoms. The maximum atomic E-state index is 7.82. The van der Waals surface area contributed by atoms with E-state index in [4.69, 9.17) is 17.3 Å². The number of nitrogens with one attached hydrogen (secondary N) is 1. The van der Waals surface area contributed by atoms with Crippen molar-refractivity contribution >= 4 is 39.0 Å². The Labute approximate surface area is 283 Å². The number of rotatable bonds is 4. The van der Waals surface area contributed by atoms with E-state index in [-0.39, 0.29) is 71.6 Å². The van der Waals surface area contributed by atoms with Crippen LogP contribution >= 0.6 is 11.6 Å². The van der Waals surface area contributed by atoms with E-state index in [1.165, 1.54) is 16.7 Å². The summed E-state index contributed by atoms with van der Waals surface area (Å²) < 4.78 is 0. The van der Waals surface area contributed by atoms with Crippen LogP contribution in [0.5, 0.6) is 0 Å². The van der Waals surface area contributed by atoms with Crippen LogP contribution in [-0.4, -0.2) is 19.9 Å². The zero-order valence-corrected chi connectivity index (χ0v) is 27.6. The molecule has 3 N–H and O–H groups in total. The number of aromatic nitrogens is 4. The van der Waals surface area contributed by atoms with Gasteiger partial charge >= 0.3 is 0 Å². The number of hydrogen-bond donors (Lipinski definition) is 0.